The Morgan fingerprint density at radius 3 is 2.33 bits per heavy atom. The van der Waals surface area contributed by atoms with E-state index in [1.807, 2.05) is 74.8 Å². The van der Waals surface area contributed by atoms with Gasteiger partial charge < -0.3 is 0 Å². The van der Waals surface area contributed by atoms with Crippen molar-refractivity contribution in [2.45, 2.75) is 39.1 Å². The Morgan fingerprint density at radius 1 is 1.00 bits per heavy atom. The van der Waals surface area contributed by atoms with E-state index in [0.717, 1.165) is 33.8 Å². The van der Waals surface area contributed by atoms with Crippen LogP contribution in [0.15, 0.2) is 53.4 Å². The second kappa shape index (κ2) is 7.29. The molecule has 142 valence electrons. The van der Waals surface area contributed by atoms with Crippen molar-refractivity contribution in [3.63, 3.8) is 0 Å². The zero-order valence-corrected chi connectivity index (χ0v) is 17.2. The van der Waals surface area contributed by atoms with Crippen LogP contribution in [-0.4, -0.2) is 29.6 Å². The van der Waals surface area contributed by atoms with E-state index in [4.69, 9.17) is 0 Å². The van der Waals surface area contributed by atoms with Gasteiger partial charge in [-0.1, -0.05) is 30.3 Å². The predicted octanol–water partition coefficient (Wildman–Crippen LogP) is 3.93. The van der Waals surface area contributed by atoms with Gasteiger partial charge in [0.25, 0.3) is 0 Å². The summed E-state index contributed by atoms with van der Waals surface area (Å²) in [7, 11) is -1.96. The molecule has 1 aromatic heterocycles. The molecule has 27 heavy (non-hydrogen) atoms. The molecule has 0 saturated carbocycles. The van der Waals surface area contributed by atoms with Gasteiger partial charge in [0.1, 0.15) is 0 Å². The molecule has 0 aliphatic heterocycles. The molecule has 0 unspecified atom stereocenters. The van der Waals surface area contributed by atoms with E-state index in [1.54, 1.807) is 13.1 Å². The lowest BCUT2D eigenvalue weighted by molar-refractivity contribution is 0.464. The first-order valence-corrected chi connectivity index (χ1v) is 10.3. The van der Waals surface area contributed by atoms with Crippen molar-refractivity contribution in [2.75, 3.05) is 7.05 Å². The van der Waals surface area contributed by atoms with Crippen molar-refractivity contribution in [3.05, 3.63) is 76.6 Å². The molecule has 1 heterocycles. The molecule has 6 heteroatoms. The summed E-state index contributed by atoms with van der Waals surface area (Å²) in [6.07, 6.45) is 0. The van der Waals surface area contributed by atoms with Gasteiger partial charge in [0.05, 0.1) is 16.3 Å². The smallest absolute Gasteiger partial charge is 0.238 e. The number of benzene rings is 2. The number of aromatic nitrogens is 2. The van der Waals surface area contributed by atoms with Crippen LogP contribution in [0.4, 0.5) is 0 Å². The van der Waals surface area contributed by atoms with E-state index in [9.17, 15) is 8.42 Å². The first-order valence-electron chi connectivity index (χ1n) is 8.86. The molecule has 0 amide bonds. The molecule has 0 bridgehead atoms. The average molecular weight is 384 g/mol. The summed E-state index contributed by atoms with van der Waals surface area (Å²) in [6.45, 7) is 7.89. The van der Waals surface area contributed by atoms with Crippen LogP contribution in [0.5, 0.6) is 0 Å². The Kier molecular flexibility index (Phi) is 5.22. The van der Waals surface area contributed by atoms with Gasteiger partial charge in [0, 0.05) is 24.8 Å². The van der Waals surface area contributed by atoms with Gasteiger partial charge in [0.15, 0.2) is 0 Å². The highest BCUT2D eigenvalue weighted by molar-refractivity contribution is 7.89. The number of para-hydroxylation sites is 1. The Labute approximate surface area is 161 Å². The van der Waals surface area contributed by atoms with Crippen LogP contribution >= 0.6 is 0 Å². The Morgan fingerprint density at radius 2 is 1.67 bits per heavy atom. The molecular weight excluding hydrogens is 358 g/mol. The molecule has 0 fully saturated rings. The molecule has 0 aliphatic carbocycles. The lowest BCUT2D eigenvalue weighted by atomic mass is 10.2. The molecule has 0 radical (unpaired) electrons. The minimum atomic E-state index is -3.58. The lowest BCUT2D eigenvalue weighted by Gasteiger charge is -2.19. The number of hydrogen-bond acceptors (Lipinski definition) is 3. The third kappa shape index (κ3) is 3.68. The summed E-state index contributed by atoms with van der Waals surface area (Å²) in [6, 6.07) is 15.4. The SMILES string of the molecule is Cc1ccc(C)c(S(=O)(=O)N(C)Cc2c(C)nn(-c3ccccc3)c2C)c1. The largest absolute Gasteiger partial charge is 0.243 e. The van der Waals surface area contributed by atoms with Crippen molar-refractivity contribution in [3.8, 4) is 5.69 Å². The highest BCUT2D eigenvalue weighted by Crippen LogP contribution is 2.24. The number of sulfonamides is 1. The fraction of sp³-hybridized carbons (Fsp3) is 0.286. The Balaban J connectivity index is 1.96. The van der Waals surface area contributed by atoms with Crippen molar-refractivity contribution in [1.29, 1.82) is 0 Å². The standard InChI is InChI=1S/C21H25N3O2S/c1-15-11-12-16(2)21(13-15)27(25,26)23(5)14-20-17(3)22-24(18(20)4)19-9-7-6-8-10-19/h6-13H,14H2,1-5H3. The maximum atomic E-state index is 13.1. The highest BCUT2D eigenvalue weighted by atomic mass is 32.2. The van der Waals surface area contributed by atoms with E-state index in [-0.39, 0.29) is 6.54 Å². The van der Waals surface area contributed by atoms with Crippen LogP contribution in [0.2, 0.25) is 0 Å². The number of rotatable bonds is 5. The van der Waals surface area contributed by atoms with E-state index >= 15 is 0 Å². The fourth-order valence-corrected chi connectivity index (χ4v) is 4.63. The minimum Gasteiger partial charge on any atom is -0.238 e. The van der Waals surface area contributed by atoms with Crippen LogP contribution in [0.3, 0.4) is 0 Å². The van der Waals surface area contributed by atoms with Crippen molar-refractivity contribution < 1.29 is 8.42 Å². The fourth-order valence-electron chi connectivity index (χ4n) is 3.19. The van der Waals surface area contributed by atoms with Crippen LogP contribution < -0.4 is 0 Å². The predicted molar refractivity (Wildman–Crippen MR) is 108 cm³/mol. The van der Waals surface area contributed by atoms with Crippen LogP contribution in [-0.2, 0) is 16.6 Å². The number of aryl methyl sites for hydroxylation is 3. The summed E-state index contributed by atoms with van der Waals surface area (Å²) in [5.74, 6) is 0. The molecule has 2 aromatic carbocycles. The molecule has 3 rings (SSSR count). The maximum absolute atomic E-state index is 13.1. The van der Waals surface area contributed by atoms with Gasteiger partial charge in [-0.05, 0) is 57.0 Å². The normalized spacial score (nSPS) is 11.9. The topological polar surface area (TPSA) is 55.2 Å². The van der Waals surface area contributed by atoms with E-state index in [1.165, 1.54) is 4.31 Å². The van der Waals surface area contributed by atoms with Crippen LogP contribution in [0.1, 0.15) is 28.1 Å². The number of hydrogen-bond donors (Lipinski definition) is 0. The molecule has 0 spiro atoms. The van der Waals surface area contributed by atoms with E-state index < -0.39 is 10.0 Å². The zero-order valence-electron chi connectivity index (χ0n) is 16.4. The van der Waals surface area contributed by atoms with Gasteiger partial charge in [-0.2, -0.15) is 9.40 Å². The van der Waals surface area contributed by atoms with E-state index in [0.29, 0.717) is 4.90 Å². The summed E-state index contributed by atoms with van der Waals surface area (Å²) in [5, 5.41) is 4.62. The Hall–Kier alpha value is -2.44. The molecule has 3 aromatic rings. The maximum Gasteiger partial charge on any atom is 0.243 e. The molecule has 0 N–H and O–H groups in total. The lowest BCUT2D eigenvalue weighted by Crippen LogP contribution is -2.27. The number of nitrogens with zero attached hydrogens (tertiary/aromatic N) is 3. The third-order valence-corrected chi connectivity index (χ3v) is 6.80. The molecular formula is C21H25N3O2S. The molecule has 0 saturated heterocycles. The van der Waals surface area contributed by atoms with Gasteiger partial charge in [0.2, 0.25) is 10.0 Å². The van der Waals surface area contributed by atoms with Crippen molar-refractivity contribution >= 4 is 10.0 Å². The highest BCUT2D eigenvalue weighted by Gasteiger charge is 2.25. The average Bonchev–Trinajstić information content (AvgIpc) is 2.92. The van der Waals surface area contributed by atoms with Crippen LogP contribution in [0.25, 0.3) is 5.69 Å². The first-order chi connectivity index (χ1) is 12.7. The molecule has 5 nitrogen and oxygen atoms in total. The minimum absolute atomic E-state index is 0.278. The van der Waals surface area contributed by atoms with Gasteiger partial charge in [-0.15, -0.1) is 0 Å². The Bertz CT molecular complexity index is 1070. The monoisotopic (exact) mass is 383 g/mol. The first kappa shape index (κ1) is 19.3. The van der Waals surface area contributed by atoms with Gasteiger partial charge in [-0.25, -0.2) is 13.1 Å². The summed E-state index contributed by atoms with van der Waals surface area (Å²) in [5.41, 5.74) is 5.35. The summed E-state index contributed by atoms with van der Waals surface area (Å²) in [4.78, 5) is 0.357. The summed E-state index contributed by atoms with van der Waals surface area (Å²) < 4.78 is 29.5. The van der Waals surface area contributed by atoms with Gasteiger partial charge in [-0.3, -0.25) is 0 Å². The van der Waals surface area contributed by atoms with E-state index in [2.05, 4.69) is 5.10 Å². The van der Waals surface area contributed by atoms with Gasteiger partial charge >= 0.3 is 0 Å². The van der Waals surface area contributed by atoms with Crippen molar-refractivity contribution in [2.24, 2.45) is 0 Å². The summed E-state index contributed by atoms with van der Waals surface area (Å²) >= 11 is 0. The molecule has 0 atom stereocenters. The second-order valence-electron chi connectivity index (χ2n) is 6.93. The van der Waals surface area contributed by atoms with Crippen molar-refractivity contribution in [1.82, 2.24) is 14.1 Å². The molecule has 0 aliphatic rings. The third-order valence-electron chi connectivity index (χ3n) is 4.85. The second-order valence-corrected chi connectivity index (χ2v) is 8.94. The quantitative estimate of drug-likeness (QED) is 0.671. The zero-order chi connectivity index (χ0) is 19.8. The van der Waals surface area contributed by atoms with Crippen LogP contribution in [0, 0.1) is 27.7 Å².